The molecule has 0 saturated carbocycles. The van der Waals surface area contributed by atoms with Gasteiger partial charge in [-0.15, -0.1) is 0 Å². The summed E-state index contributed by atoms with van der Waals surface area (Å²) in [4.78, 5) is 22.2. The molecular weight excluding hydrogens is 208 g/mol. The van der Waals surface area contributed by atoms with Crippen LogP contribution in [-0.4, -0.2) is 27.7 Å². The third-order valence-electron chi connectivity index (χ3n) is 2.30. The van der Waals surface area contributed by atoms with Crippen molar-refractivity contribution in [3.63, 3.8) is 0 Å². The van der Waals surface area contributed by atoms with E-state index in [1.54, 1.807) is 6.20 Å². The van der Waals surface area contributed by atoms with Crippen molar-refractivity contribution >= 4 is 22.8 Å². The van der Waals surface area contributed by atoms with Gasteiger partial charge in [0.05, 0.1) is 18.3 Å². The molecule has 82 valence electrons. The number of hydrogen-bond acceptors (Lipinski definition) is 5. The van der Waals surface area contributed by atoms with Crippen LogP contribution in [0.4, 0.5) is 5.69 Å². The Morgan fingerprint density at radius 3 is 2.88 bits per heavy atom. The Bertz CT molecular complexity index is 596. The van der Waals surface area contributed by atoms with Gasteiger partial charge in [-0.3, -0.25) is 0 Å². The minimum Gasteiger partial charge on any atom is -0.467 e. The first-order valence-corrected chi connectivity index (χ1v) is 4.63. The molecule has 2 rings (SSSR count). The van der Waals surface area contributed by atoms with Gasteiger partial charge >= 0.3 is 6.01 Å². The molecule has 16 heavy (non-hydrogen) atoms. The van der Waals surface area contributed by atoms with Crippen LogP contribution in [0.5, 0.6) is 6.01 Å². The maximum absolute atomic E-state index is 10.3. The fourth-order valence-corrected chi connectivity index (χ4v) is 1.67. The van der Waals surface area contributed by atoms with Gasteiger partial charge in [-0.25, -0.2) is 4.79 Å². The van der Waals surface area contributed by atoms with Gasteiger partial charge in [0.2, 0.25) is 6.08 Å². The van der Waals surface area contributed by atoms with E-state index in [1.165, 1.54) is 13.2 Å². The molecule has 0 atom stereocenters. The van der Waals surface area contributed by atoms with Crippen molar-refractivity contribution in [3.8, 4) is 6.01 Å². The number of aromatic nitrogens is 3. The smallest absolute Gasteiger partial charge is 0.317 e. The van der Waals surface area contributed by atoms with Crippen LogP contribution in [0.15, 0.2) is 11.2 Å². The molecule has 0 fully saturated rings. The quantitative estimate of drug-likeness (QED) is 0.562. The normalized spacial score (nSPS) is 10.2. The number of nitrogens with zero attached hydrogens (tertiary/aromatic N) is 4. The zero-order valence-electron chi connectivity index (χ0n) is 9.18. The first-order chi connectivity index (χ1) is 7.67. The Labute approximate surface area is 91.6 Å². The predicted molar refractivity (Wildman–Crippen MR) is 57.6 cm³/mol. The molecule has 0 N–H and O–H groups in total. The van der Waals surface area contributed by atoms with Gasteiger partial charge < -0.3 is 9.30 Å². The summed E-state index contributed by atoms with van der Waals surface area (Å²) in [5.41, 5.74) is 2.66. The molecule has 0 saturated heterocycles. The van der Waals surface area contributed by atoms with Gasteiger partial charge in [0, 0.05) is 13.2 Å². The molecule has 0 aromatic carbocycles. The monoisotopic (exact) mass is 218 g/mol. The number of isocyanates is 1. The van der Waals surface area contributed by atoms with E-state index in [0.29, 0.717) is 11.2 Å². The van der Waals surface area contributed by atoms with E-state index in [4.69, 9.17) is 4.74 Å². The van der Waals surface area contributed by atoms with Crippen LogP contribution < -0.4 is 4.74 Å². The lowest BCUT2D eigenvalue weighted by molar-refractivity contribution is 0.381. The lowest BCUT2D eigenvalue weighted by Gasteiger charge is -2.02. The summed E-state index contributed by atoms with van der Waals surface area (Å²) in [5.74, 6) is 0. The van der Waals surface area contributed by atoms with Crippen LogP contribution in [0.3, 0.4) is 0 Å². The Morgan fingerprint density at radius 2 is 2.25 bits per heavy atom. The van der Waals surface area contributed by atoms with Crippen molar-refractivity contribution in [2.24, 2.45) is 12.0 Å². The molecule has 0 spiro atoms. The number of aryl methyl sites for hydroxylation is 2. The molecule has 0 amide bonds. The summed E-state index contributed by atoms with van der Waals surface area (Å²) in [6.45, 7) is 1.85. The lowest BCUT2D eigenvalue weighted by Crippen LogP contribution is -1.97. The topological polar surface area (TPSA) is 69.4 Å². The van der Waals surface area contributed by atoms with Crippen molar-refractivity contribution in [1.29, 1.82) is 0 Å². The molecule has 2 aromatic heterocycles. The number of aliphatic imine (C=N–C) groups is 1. The SMILES string of the molecule is COc1nc(C)c2c(n1)c(N=C=O)cn2C. The minimum absolute atomic E-state index is 0.263. The maximum atomic E-state index is 10.3. The van der Waals surface area contributed by atoms with Gasteiger partial charge in [-0.05, 0) is 6.92 Å². The Morgan fingerprint density at radius 1 is 1.50 bits per heavy atom. The van der Waals surface area contributed by atoms with E-state index in [9.17, 15) is 4.79 Å². The van der Waals surface area contributed by atoms with Crippen LogP contribution in [0, 0.1) is 6.92 Å². The van der Waals surface area contributed by atoms with Crippen LogP contribution >= 0.6 is 0 Å². The highest BCUT2D eigenvalue weighted by atomic mass is 16.5. The molecule has 2 aromatic rings. The second-order valence-electron chi connectivity index (χ2n) is 3.32. The highest BCUT2D eigenvalue weighted by Crippen LogP contribution is 2.28. The van der Waals surface area contributed by atoms with Gasteiger partial charge in [0.1, 0.15) is 11.2 Å². The molecule has 0 aliphatic heterocycles. The van der Waals surface area contributed by atoms with E-state index in [2.05, 4.69) is 15.0 Å². The molecule has 6 heteroatoms. The lowest BCUT2D eigenvalue weighted by atomic mass is 10.3. The number of rotatable bonds is 2. The zero-order valence-corrected chi connectivity index (χ0v) is 9.18. The number of methoxy groups -OCH3 is 1. The third kappa shape index (κ3) is 1.45. The zero-order chi connectivity index (χ0) is 11.7. The number of carbonyl (C=O) groups excluding carboxylic acids is 1. The van der Waals surface area contributed by atoms with E-state index in [-0.39, 0.29) is 6.01 Å². The standard InChI is InChI=1S/C10H10N4O2/c1-6-9-8(13-10(12-6)16-3)7(11-5-15)4-14(9)2/h4H,1-3H3. The largest absolute Gasteiger partial charge is 0.467 e. The highest BCUT2D eigenvalue weighted by Gasteiger charge is 2.13. The van der Waals surface area contributed by atoms with Gasteiger partial charge in [-0.2, -0.15) is 15.0 Å². The molecule has 0 aliphatic carbocycles. The molecule has 0 radical (unpaired) electrons. The third-order valence-corrected chi connectivity index (χ3v) is 2.30. The fraction of sp³-hybridized carbons (Fsp3) is 0.300. The summed E-state index contributed by atoms with van der Waals surface area (Å²) in [6, 6.07) is 0.263. The summed E-state index contributed by atoms with van der Waals surface area (Å²) in [6.07, 6.45) is 3.21. The molecule has 6 nitrogen and oxygen atoms in total. The van der Waals surface area contributed by atoms with Crippen LogP contribution in [0.25, 0.3) is 11.0 Å². The van der Waals surface area contributed by atoms with E-state index in [1.807, 2.05) is 18.5 Å². The highest BCUT2D eigenvalue weighted by molar-refractivity contribution is 5.90. The van der Waals surface area contributed by atoms with Gasteiger partial charge in [0.15, 0.2) is 0 Å². The predicted octanol–water partition coefficient (Wildman–Crippen LogP) is 1.25. The number of fused-ring (bicyclic) bond motifs is 1. The van der Waals surface area contributed by atoms with E-state index >= 15 is 0 Å². The fourth-order valence-electron chi connectivity index (χ4n) is 1.67. The first-order valence-electron chi connectivity index (χ1n) is 4.63. The Balaban J connectivity index is 2.86. The van der Waals surface area contributed by atoms with E-state index in [0.717, 1.165) is 11.2 Å². The molecule has 0 bridgehead atoms. The van der Waals surface area contributed by atoms with Crippen molar-refractivity contribution < 1.29 is 9.53 Å². The van der Waals surface area contributed by atoms with E-state index < -0.39 is 0 Å². The average molecular weight is 218 g/mol. The summed E-state index contributed by atoms with van der Waals surface area (Å²) in [7, 11) is 3.33. The second-order valence-corrected chi connectivity index (χ2v) is 3.32. The second kappa shape index (κ2) is 3.75. The summed E-state index contributed by atoms with van der Waals surface area (Å²) in [5, 5.41) is 0. The van der Waals surface area contributed by atoms with Crippen LogP contribution in [-0.2, 0) is 11.8 Å². The van der Waals surface area contributed by atoms with Crippen molar-refractivity contribution in [2.45, 2.75) is 6.92 Å². The molecule has 0 aliphatic rings. The Hall–Kier alpha value is -2.20. The molecule has 2 heterocycles. The summed E-state index contributed by atoms with van der Waals surface area (Å²) >= 11 is 0. The van der Waals surface area contributed by atoms with Crippen molar-refractivity contribution in [3.05, 3.63) is 11.9 Å². The van der Waals surface area contributed by atoms with Gasteiger partial charge in [0.25, 0.3) is 0 Å². The van der Waals surface area contributed by atoms with Crippen LogP contribution in [0.1, 0.15) is 5.69 Å². The molecular formula is C10H10N4O2. The van der Waals surface area contributed by atoms with Crippen LogP contribution in [0.2, 0.25) is 0 Å². The number of ether oxygens (including phenoxy) is 1. The summed E-state index contributed by atoms with van der Waals surface area (Å²) < 4.78 is 6.79. The van der Waals surface area contributed by atoms with Crippen molar-refractivity contribution in [2.75, 3.05) is 7.11 Å². The van der Waals surface area contributed by atoms with Crippen molar-refractivity contribution in [1.82, 2.24) is 14.5 Å². The molecule has 0 unspecified atom stereocenters. The Kier molecular flexibility index (Phi) is 2.42. The first kappa shape index (κ1) is 10.3. The number of hydrogen-bond donors (Lipinski definition) is 0. The average Bonchev–Trinajstić information content (AvgIpc) is 2.56. The minimum atomic E-state index is 0.263. The van der Waals surface area contributed by atoms with Gasteiger partial charge in [-0.1, -0.05) is 0 Å². The maximum Gasteiger partial charge on any atom is 0.317 e.